The van der Waals surface area contributed by atoms with Gasteiger partial charge in [-0.2, -0.15) is 5.10 Å². The quantitative estimate of drug-likeness (QED) is 0.701. The van der Waals surface area contributed by atoms with E-state index in [0.717, 1.165) is 49.1 Å². The number of para-hydroxylation sites is 1. The smallest absolute Gasteiger partial charge is 0.272 e. The van der Waals surface area contributed by atoms with Crippen LogP contribution in [-0.4, -0.2) is 45.2 Å². The summed E-state index contributed by atoms with van der Waals surface area (Å²) in [5.41, 5.74) is 3.74. The second-order valence-corrected chi connectivity index (χ2v) is 7.36. The second kappa shape index (κ2) is 7.11. The van der Waals surface area contributed by atoms with Crippen LogP contribution in [0.5, 0.6) is 5.75 Å². The van der Waals surface area contributed by atoms with Crippen LogP contribution in [0, 0.1) is 0 Å². The number of nitrogens with zero attached hydrogens (tertiary/aromatic N) is 3. The van der Waals surface area contributed by atoms with Crippen LogP contribution in [-0.2, 0) is 0 Å². The Morgan fingerprint density at radius 3 is 2.86 bits per heavy atom. The number of H-pyrrole nitrogens is 1. The van der Waals surface area contributed by atoms with Gasteiger partial charge in [-0.1, -0.05) is 18.2 Å². The lowest BCUT2D eigenvalue weighted by molar-refractivity contribution is 0.0732. The van der Waals surface area contributed by atoms with E-state index in [1.165, 1.54) is 0 Å². The van der Waals surface area contributed by atoms with Gasteiger partial charge in [-0.05, 0) is 56.0 Å². The first kappa shape index (κ1) is 17.0. The zero-order valence-corrected chi connectivity index (χ0v) is 15.6. The number of carbonyl (C=O) groups is 1. The standard InChI is InChI=1S/C22H22N4O2/c27-22-19-12-11-18-21(23-19)17(24-25-18)10-7-15-5-1-2-6-20(15)28-14-4-3-13-26(22)16-8-9-16/h1-2,5-7,10-12,16H,3-4,8-9,13-14H2,(H,24,25)/b10-7-. The van der Waals surface area contributed by atoms with Gasteiger partial charge in [0.15, 0.2) is 0 Å². The highest BCUT2D eigenvalue weighted by molar-refractivity contribution is 5.96. The van der Waals surface area contributed by atoms with Crippen LogP contribution >= 0.6 is 0 Å². The maximum absolute atomic E-state index is 13.1. The third-order valence-corrected chi connectivity index (χ3v) is 5.29. The van der Waals surface area contributed by atoms with Crippen molar-refractivity contribution in [3.63, 3.8) is 0 Å². The van der Waals surface area contributed by atoms with E-state index in [1.54, 1.807) is 6.07 Å². The molecule has 6 nitrogen and oxygen atoms in total. The average molecular weight is 374 g/mol. The molecule has 0 atom stereocenters. The lowest BCUT2D eigenvalue weighted by Gasteiger charge is -2.22. The number of pyridine rings is 1. The number of amides is 1. The van der Waals surface area contributed by atoms with E-state index in [-0.39, 0.29) is 5.91 Å². The molecule has 0 saturated heterocycles. The van der Waals surface area contributed by atoms with Crippen molar-refractivity contribution in [1.82, 2.24) is 20.1 Å². The molecule has 0 unspecified atom stereocenters. The van der Waals surface area contributed by atoms with Crippen molar-refractivity contribution in [2.45, 2.75) is 31.7 Å². The van der Waals surface area contributed by atoms with E-state index < -0.39 is 0 Å². The van der Waals surface area contributed by atoms with E-state index in [1.807, 2.05) is 47.4 Å². The molecule has 142 valence electrons. The van der Waals surface area contributed by atoms with E-state index in [9.17, 15) is 4.79 Å². The minimum Gasteiger partial charge on any atom is -0.493 e. The Hall–Kier alpha value is -3.15. The zero-order valence-electron chi connectivity index (χ0n) is 15.6. The molecule has 2 bridgehead atoms. The molecule has 1 aliphatic carbocycles. The molecule has 28 heavy (non-hydrogen) atoms. The van der Waals surface area contributed by atoms with Crippen molar-refractivity contribution in [3.05, 3.63) is 53.3 Å². The highest BCUT2D eigenvalue weighted by Crippen LogP contribution is 2.29. The van der Waals surface area contributed by atoms with Gasteiger partial charge in [-0.3, -0.25) is 9.89 Å². The van der Waals surface area contributed by atoms with Crippen molar-refractivity contribution >= 4 is 29.1 Å². The summed E-state index contributed by atoms with van der Waals surface area (Å²) in [6.45, 7) is 1.38. The summed E-state index contributed by atoms with van der Waals surface area (Å²) in [4.78, 5) is 19.7. The zero-order chi connectivity index (χ0) is 18.9. The summed E-state index contributed by atoms with van der Waals surface area (Å²) < 4.78 is 6.00. The molecular formula is C22H22N4O2. The highest BCUT2D eigenvalue weighted by Gasteiger charge is 2.33. The molecule has 0 radical (unpaired) electrons. The molecule has 3 heterocycles. The maximum atomic E-state index is 13.1. The van der Waals surface area contributed by atoms with E-state index in [4.69, 9.17) is 4.74 Å². The van der Waals surface area contributed by atoms with E-state index >= 15 is 0 Å². The fraction of sp³-hybridized carbons (Fsp3) is 0.318. The minimum atomic E-state index is 0.0135. The summed E-state index contributed by atoms with van der Waals surface area (Å²) in [7, 11) is 0. The number of ether oxygens (including phenoxy) is 1. The molecule has 5 rings (SSSR count). The number of carbonyl (C=O) groups excluding carboxylic acids is 1. The number of aromatic nitrogens is 3. The Labute approximate surface area is 163 Å². The molecular weight excluding hydrogens is 352 g/mol. The molecule has 6 heteroatoms. The predicted octanol–water partition coefficient (Wildman–Crippen LogP) is 3.91. The van der Waals surface area contributed by atoms with E-state index in [2.05, 4.69) is 15.2 Å². The third kappa shape index (κ3) is 3.26. The van der Waals surface area contributed by atoms with Gasteiger partial charge >= 0.3 is 0 Å². The van der Waals surface area contributed by atoms with Gasteiger partial charge in [-0.25, -0.2) is 4.98 Å². The fourth-order valence-electron chi connectivity index (χ4n) is 3.62. The Morgan fingerprint density at radius 2 is 1.96 bits per heavy atom. The number of rotatable bonds is 1. The molecule has 0 spiro atoms. The molecule has 1 aliphatic heterocycles. The van der Waals surface area contributed by atoms with Gasteiger partial charge in [0.1, 0.15) is 22.7 Å². The number of benzene rings is 1. The Morgan fingerprint density at radius 1 is 1.07 bits per heavy atom. The number of aromatic amines is 1. The molecule has 1 aromatic carbocycles. The van der Waals surface area contributed by atoms with Crippen LogP contribution in [0.25, 0.3) is 23.2 Å². The van der Waals surface area contributed by atoms with Crippen molar-refractivity contribution in [1.29, 1.82) is 0 Å². The fourth-order valence-corrected chi connectivity index (χ4v) is 3.62. The molecule has 1 fully saturated rings. The highest BCUT2D eigenvalue weighted by atomic mass is 16.5. The largest absolute Gasteiger partial charge is 0.493 e. The lowest BCUT2D eigenvalue weighted by Crippen LogP contribution is -2.34. The lowest BCUT2D eigenvalue weighted by atomic mass is 10.1. The summed E-state index contributed by atoms with van der Waals surface area (Å²) in [6.07, 6.45) is 7.88. The average Bonchev–Trinajstić information content (AvgIpc) is 3.48. The number of fused-ring (bicyclic) bond motifs is 2. The summed E-state index contributed by atoms with van der Waals surface area (Å²) in [5, 5.41) is 7.37. The molecule has 2 aromatic heterocycles. The second-order valence-electron chi connectivity index (χ2n) is 7.36. The van der Waals surface area contributed by atoms with Gasteiger partial charge in [0.05, 0.1) is 12.1 Å². The molecule has 3 aromatic rings. The molecule has 1 amide bonds. The number of hydrogen-bond acceptors (Lipinski definition) is 4. The van der Waals surface area contributed by atoms with Crippen molar-refractivity contribution < 1.29 is 9.53 Å². The SMILES string of the molecule is O=C1c2ccc3[nH]nc(c3n2)/C=C\c2ccccc2OCCCCN1C1CC1. The van der Waals surface area contributed by atoms with Crippen LogP contribution in [0.4, 0.5) is 0 Å². The summed E-state index contributed by atoms with van der Waals surface area (Å²) in [6, 6.07) is 12.0. The Kier molecular flexibility index (Phi) is 4.31. The maximum Gasteiger partial charge on any atom is 0.272 e. The van der Waals surface area contributed by atoms with E-state index in [0.29, 0.717) is 29.6 Å². The summed E-state index contributed by atoms with van der Waals surface area (Å²) in [5.74, 6) is 0.872. The molecule has 1 N–H and O–H groups in total. The Bertz CT molecular complexity index is 1050. The van der Waals surface area contributed by atoms with Crippen LogP contribution < -0.4 is 4.74 Å². The van der Waals surface area contributed by atoms with Gasteiger partial charge in [0.25, 0.3) is 5.91 Å². The van der Waals surface area contributed by atoms with Gasteiger partial charge in [0.2, 0.25) is 0 Å². The van der Waals surface area contributed by atoms with Crippen LogP contribution in [0.2, 0.25) is 0 Å². The van der Waals surface area contributed by atoms with Crippen LogP contribution in [0.1, 0.15) is 47.4 Å². The first-order valence-electron chi connectivity index (χ1n) is 9.85. The predicted molar refractivity (Wildman–Crippen MR) is 108 cm³/mol. The number of hydrogen-bond donors (Lipinski definition) is 1. The van der Waals surface area contributed by atoms with Crippen LogP contribution in [0.3, 0.4) is 0 Å². The van der Waals surface area contributed by atoms with Gasteiger partial charge < -0.3 is 9.64 Å². The van der Waals surface area contributed by atoms with Crippen molar-refractivity contribution in [2.24, 2.45) is 0 Å². The van der Waals surface area contributed by atoms with Gasteiger partial charge in [0, 0.05) is 18.2 Å². The van der Waals surface area contributed by atoms with Crippen molar-refractivity contribution in [2.75, 3.05) is 13.2 Å². The van der Waals surface area contributed by atoms with Gasteiger partial charge in [-0.15, -0.1) is 0 Å². The molecule has 2 aliphatic rings. The monoisotopic (exact) mass is 374 g/mol. The minimum absolute atomic E-state index is 0.0135. The van der Waals surface area contributed by atoms with Crippen LogP contribution in [0.15, 0.2) is 36.4 Å². The first-order valence-corrected chi connectivity index (χ1v) is 9.85. The normalized spacial score (nSPS) is 19.0. The Balaban J connectivity index is 1.58. The number of nitrogens with one attached hydrogen (secondary N) is 1. The topological polar surface area (TPSA) is 71.1 Å². The third-order valence-electron chi connectivity index (χ3n) is 5.29. The summed E-state index contributed by atoms with van der Waals surface area (Å²) >= 11 is 0. The molecule has 1 saturated carbocycles. The first-order chi connectivity index (χ1) is 13.8. The van der Waals surface area contributed by atoms with Crippen molar-refractivity contribution in [3.8, 4) is 5.75 Å².